The van der Waals surface area contributed by atoms with Crippen LogP contribution in [0.25, 0.3) is 0 Å². The normalized spacial score (nSPS) is 21.1. The summed E-state index contributed by atoms with van der Waals surface area (Å²) in [5.74, 6) is 0.492. The maximum atomic E-state index is 6.09. The molecule has 0 saturated heterocycles. The van der Waals surface area contributed by atoms with Gasteiger partial charge in [-0.1, -0.05) is 20.3 Å². The molecule has 11 heavy (non-hydrogen) atoms. The monoisotopic (exact) mass is 156 g/mol. The van der Waals surface area contributed by atoms with E-state index in [1.54, 1.807) is 7.05 Å². The highest BCUT2D eigenvalue weighted by molar-refractivity contribution is 5.91. The van der Waals surface area contributed by atoms with E-state index >= 15 is 0 Å². The van der Waals surface area contributed by atoms with Crippen LogP contribution >= 0.6 is 0 Å². The van der Waals surface area contributed by atoms with Crippen molar-refractivity contribution in [3.8, 4) is 0 Å². The first-order valence-corrected chi connectivity index (χ1v) is 4.19. The number of nitrogens with zero attached hydrogens (tertiary/aromatic N) is 1. The Bertz CT molecular complexity index is 148. The van der Waals surface area contributed by atoms with Gasteiger partial charge in [-0.25, -0.2) is 0 Å². The van der Waals surface area contributed by atoms with Crippen molar-refractivity contribution in [1.82, 2.24) is 0 Å². The number of aliphatic imine (C=N–C) groups is 1. The minimum atomic E-state index is -0.233. The molecule has 0 aliphatic carbocycles. The molecule has 0 aromatic heterocycles. The van der Waals surface area contributed by atoms with Gasteiger partial charge in [-0.3, -0.25) is 4.99 Å². The fourth-order valence-corrected chi connectivity index (χ4v) is 1.02. The number of rotatable bonds is 3. The van der Waals surface area contributed by atoms with Crippen LogP contribution in [-0.2, 0) is 0 Å². The lowest BCUT2D eigenvalue weighted by molar-refractivity contribution is 0.400. The lowest BCUT2D eigenvalue weighted by Gasteiger charge is -2.30. The molecule has 0 aromatic rings. The smallest absolute Gasteiger partial charge is 0.0533 e. The molecule has 0 fully saturated rings. The fraction of sp³-hybridized carbons (Fsp3) is 0.889. The van der Waals surface area contributed by atoms with Crippen LogP contribution in [0.2, 0.25) is 0 Å². The van der Waals surface area contributed by atoms with Crippen molar-refractivity contribution in [2.24, 2.45) is 16.6 Å². The summed E-state index contributed by atoms with van der Waals surface area (Å²) >= 11 is 0. The maximum Gasteiger partial charge on any atom is 0.0533 e. The zero-order valence-corrected chi connectivity index (χ0v) is 8.31. The predicted molar refractivity (Wildman–Crippen MR) is 51.1 cm³/mol. The number of hydrogen-bond acceptors (Lipinski definition) is 2. The van der Waals surface area contributed by atoms with Gasteiger partial charge in [0, 0.05) is 12.8 Å². The van der Waals surface area contributed by atoms with E-state index in [2.05, 4.69) is 18.8 Å². The van der Waals surface area contributed by atoms with Gasteiger partial charge in [0.25, 0.3) is 0 Å². The topological polar surface area (TPSA) is 38.4 Å². The molecule has 2 N–H and O–H groups in total. The average Bonchev–Trinajstić information content (AvgIpc) is 2.01. The molecule has 0 bridgehead atoms. The average molecular weight is 156 g/mol. The Morgan fingerprint density at radius 2 is 2.09 bits per heavy atom. The molecule has 0 radical (unpaired) electrons. The third-order valence-electron chi connectivity index (χ3n) is 2.75. The van der Waals surface area contributed by atoms with Crippen LogP contribution in [0.15, 0.2) is 4.99 Å². The molecule has 2 heteroatoms. The van der Waals surface area contributed by atoms with Gasteiger partial charge in [0.15, 0.2) is 0 Å². The fourth-order valence-electron chi connectivity index (χ4n) is 1.02. The SMILES string of the molecule is CCC(C)C(C)(N)/C(C)=N/C. The van der Waals surface area contributed by atoms with Gasteiger partial charge in [0.2, 0.25) is 0 Å². The van der Waals surface area contributed by atoms with Crippen molar-refractivity contribution < 1.29 is 0 Å². The number of nitrogens with two attached hydrogens (primary N) is 1. The summed E-state index contributed by atoms with van der Waals surface area (Å²) in [5.41, 5.74) is 6.90. The van der Waals surface area contributed by atoms with E-state index in [0.717, 1.165) is 12.1 Å². The van der Waals surface area contributed by atoms with Gasteiger partial charge in [-0.2, -0.15) is 0 Å². The summed E-state index contributed by atoms with van der Waals surface area (Å²) in [6, 6.07) is 0. The van der Waals surface area contributed by atoms with Crippen LogP contribution < -0.4 is 5.73 Å². The molecule has 0 aromatic carbocycles. The molecule has 2 nitrogen and oxygen atoms in total. The van der Waals surface area contributed by atoms with Gasteiger partial charge < -0.3 is 5.73 Å². The summed E-state index contributed by atoms with van der Waals surface area (Å²) in [6.07, 6.45) is 1.10. The Hall–Kier alpha value is -0.370. The molecule has 0 aliphatic rings. The van der Waals surface area contributed by atoms with Gasteiger partial charge in [0.1, 0.15) is 0 Å². The van der Waals surface area contributed by atoms with Gasteiger partial charge in [-0.15, -0.1) is 0 Å². The first-order valence-electron chi connectivity index (χ1n) is 4.19. The van der Waals surface area contributed by atoms with Gasteiger partial charge >= 0.3 is 0 Å². The molecular weight excluding hydrogens is 136 g/mol. The first kappa shape index (κ1) is 10.6. The molecule has 2 unspecified atom stereocenters. The summed E-state index contributed by atoms with van der Waals surface area (Å²) in [5, 5.41) is 0. The predicted octanol–water partition coefficient (Wildman–Crippen LogP) is 1.84. The van der Waals surface area contributed by atoms with Crippen LogP contribution in [0.4, 0.5) is 0 Å². The van der Waals surface area contributed by atoms with Crippen molar-refractivity contribution >= 4 is 5.71 Å². The van der Waals surface area contributed by atoms with Crippen LogP contribution in [0, 0.1) is 5.92 Å². The van der Waals surface area contributed by atoms with Gasteiger partial charge in [0.05, 0.1) is 5.54 Å². The second-order valence-corrected chi connectivity index (χ2v) is 3.40. The van der Waals surface area contributed by atoms with Crippen LogP contribution in [-0.4, -0.2) is 18.3 Å². The summed E-state index contributed by atoms with van der Waals surface area (Å²) < 4.78 is 0. The van der Waals surface area contributed by atoms with E-state index in [1.165, 1.54) is 0 Å². The molecular formula is C9H20N2. The molecule has 0 rings (SSSR count). The Balaban J connectivity index is 4.44. The highest BCUT2D eigenvalue weighted by Crippen LogP contribution is 2.18. The third-order valence-corrected chi connectivity index (χ3v) is 2.75. The minimum absolute atomic E-state index is 0.233. The Kier molecular flexibility index (Phi) is 3.73. The van der Waals surface area contributed by atoms with Crippen LogP contribution in [0.1, 0.15) is 34.1 Å². The van der Waals surface area contributed by atoms with Gasteiger partial charge in [-0.05, 0) is 19.8 Å². The zero-order valence-electron chi connectivity index (χ0n) is 8.31. The highest BCUT2D eigenvalue weighted by Gasteiger charge is 2.27. The number of hydrogen-bond donors (Lipinski definition) is 1. The van der Waals surface area contributed by atoms with E-state index in [4.69, 9.17) is 5.73 Å². The molecule has 66 valence electrons. The van der Waals surface area contributed by atoms with Crippen molar-refractivity contribution in [2.45, 2.75) is 39.7 Å². The van der Waals surface area contributed by atoms with Crippen molar-refractivity contribution in [3.05, 3.63) is 0 Å². The summed E-state index contributed by atoms with van der Waals surface area (Å²) in [7, 11) is 1.79. The summed E-state index contributed by atoms with van der Waals surface area (Å²) in [6.45, 7) is 8.35. The highest BCUT2D eigenvalue weighted by atomic mass is 14.8. The van der Waals surface area contributed by atoms with E-state index < -0.39 is 0 Å². The van der Waals surface area contributed by atoms with E-state index in [9.17, 15) is 0 Å². The lowest BCUT2D eigenvalue weighted by atomic mass is 9.82. The lowest BCUT2D eigenvalue weighted by Crippen LogP contribution is -2.49. The molecule has 0 heterocycles. The summed E-state index contributed by atoms with van der Waals surface area (Å²) in [4.78, 5) is 4.12. The molecule has 0 saturated carbocycles. The van der Waals surface area contributed by atoms with E-state index in [0.29, 0.717) is 5.92 Å². The Labute approximate surface area is 69.9 Å². The molecule has 0 amide bonds. The maximum absolute atomic E-state index is 6.09. The van der Waals surface area contributed by atoms with E-state index in [-0.39, 0.29) is 5.54 Å². The standard InChI is InChI=1S/C9H20N2/c1-6-7(2)9(4,10)8(3)11-5/h7H,6,10H2,1-5H3/b11-8+. The molecule has 2 atom stereocenters. The van der Waals surface area contributed by atoms with Crippen LogP contribution in [0.3, 0.4) is 0 Å². The Morgan fingerprint density at radius 3 is 2.36 bits per heavy atom. The van der Waals surface area contributed by atoms with Crippen LogP contribution in [0.5, 0.6) is 0 Å². The largest absolute Gasteiger partial charge is 0.320 e. The van der Waals surface area contributed by atoms with E-state index in [1.807, 2.05) is 13.8 Å². The first-order chi connectivity index (χ1) is 4.96. The molecule has 0 aliphatic heterocycles. The third kappa shape index (κ3) is 2.29. The van der Waals surface area contributed by atoms with Crippen molar-refractivity contribution in [1.29, 1.82) is 0 Å². The second kappa shape index (κ2) is 3.86. The van der Waals surface area contributed by atoms with Crippen molar-refractivity contribution in [2.75, 3.05) is 7.05 Å². The van der Waals surface area contributed by atoms with Crippen molar-refractivity contribution in [3.63, 3.8) is 0 Å². The quantitative estimate of drug-likeness (QED) is 0.622. The zero-order chi connectivity index (χ0) is 9.07. The Morgan fingerprint density at radius 1 is 1.64 bits per heavy atom. The molecule has 0 spiro atoms. The second-order valence-electron chi connectivity index (χ2n) is 3.40. The minimum Gasteiger partial charge on any atom is -0.320 e.